The molecule has 0 spiro atoms. The van der Waals surface area contributed by atoms with Gasteiger partial charge in [0.05, 0.1) is 32.2 Å². The fraction of sp³-hybridized carbons (Fsp3) is 0.273. The summed E-state index contributed by atoms with van der Waals surface area (Å²) in [5, 5.41) is 1.92. The van der Waals surface area contributed by atoms with Crippen molar-refractivity contribution in [2.24, 2.45) is 4.99 Å². The molecule has 0 amide bonds. The van der Waals surface area contributed by atoms with E-state index in [1.807, 2.05) is 67.4 Å². The fourth-order valence-electron chi connectivity index (χ4n) is 2.66. The minimum Gasteiger partial charge on any atom is -0.493 e. The molecule has 1 aromatic rings. The molecule has 0 saturated carbocycles. The lowest BCUT2D eigenvalue weighted by Crippen LogP contribution is -2.42. The van der Waals surface area contributed by atoms with Gasteiger partial charge in [-0.3, -0.25) is 20.4 Å². The second-order valence-corrected chi connectivity index (χ2v) is 5.91. The zero-order valence-corrected chi connectivity index (χ0v) is 17.0. The SMILES string of the molecule is C=C1C=CC(=NCc2ccccn2)NN1/C(=C\C)C/C=C(OC)\C(=C/C)OC. The highest BCUT2D eigenvalue weighted by molar-refractivity contribution is 5.94. The van der Waals surface area contributed by atoms with Crippen LogP contribution in [0.4, 0.5) is 0 Å². The highest BCUT2D eigenvalue weighted by Gasteiger charge is 2.16. The van der Waals surface area contributed by atoms with Gasteiger partial charge in [-0.1, -0.05) is 18.7 Å². The van der Waals surface area contributed by atoms with Crippen molar-refractivity contribution >= 4 is 5.84 Å². The first-order chi connectivity index (χ1) is 13.6. The summed E-state index contributed by atoms with van der Waals surface area (Å²) < 4.78 is 10.8. The summed E-state index contributed by atoms with van der Waals surface area (Å²) in [4.78, 5) is 8.90. The van der Waals surface area contributed by atoms with Gasteiger partial charge in [0.1, 0.15) is 5.84 Å². The van der Waals surface area contributed by atoms with Crippen molar-refractivity contribution in [1.82, 2.24) is 15.4 Å². The molecule has 0 aromatic carbocycles. The minimum absolute atomic E-state index is 0.505. The molecule has 0 bridgehead atoms. The van der Waals surface area contributed by atoms with Crippen LogP contribution in [0.15, 0.2) is 89.3 Å². The van der Waals surface area contributed by atoms with Gasteiger partial charge >= 0.3 is 0 Å². The van der Waals surface area contributed by atoms with Crippen LogP contribution in [0.5, 0.6) is 0 Å². The van der Waals surface area contributed by atoms with Crippen LogP contribution >= 0.6 is 0 Å². The maximum absolute atomic E-state index is 5.45. The molecule has 0 fully saturated rings. The number of allylic oxidation sites excluding steroid dienone is 4. The van der Waals surface area contributed by atoms with E-state index in [-0.39, 0.29) is 0 Å². The molecule has 1 aliphatic heterocycles. The molecule has 0 atom stereocenters. The Kier molecular flexibility index (Phi) is 8.09. The normalized spacial score (nSPS) is 17.0. The van der Waals surface area contributed by atoms with Gasteiger partial charge in [-0.2, -0.15) is 0 Å². The number of ether oxygens (including phenoxy) is 2. The molecular formula is C22H28N4O2. The Hall–Kier alpha value is -3.28. The van der Waals surface area contributed by atoms with E-state index in [1.54, 1.807) is 20.4 Å². The topological polar surface area (TPSA) is 59.0 Å². The maximum atomic E-state index is 5.45. The second-order valence-electron chi connectivity index (χ2n) is 5.91. The van der Waals surface area contributed by atoms with E-state index in [9.17, 15) is 0 Å². The van der Waals surface area contributed by atoms with Crippen molar-refractivity contribution in [2.45, 2.75) is 26.8 Å². The first-order valence-electron chi connectivity index (χ1n) is 9.11. The third-order valence-electron chi connectivity index (χ3n) is 4.15. The number of pyridine rings is 1. The largest absolute Gasteiger partial charge is 0.493 e. The van der Waals surface area contributed by atoms with E-state index in [0.717, 1.165) is 22.9 Å². The average Bonchev–Trinajstić information content (AvgIpc) is 2.74. The molecule has 1 aromatic heterocycles. The van der Waals surface area contributed by atoms with Gasteiger partial charge in [0.2, 0.25) is 0 Å². The van der Waals surface area contributed by atoms with Crippen molar-refractivity contribution in [2.75, 3.05) is 14.2 Å². The number of hydrogen-bond donors (Lipinski definition) is 1. The molecule has 2 heterocycles. The first kappa shape index (κ1) is 21.0. The van der Waals surface area contributed by atoms with Gasteiger partial charge in [-0.05, 0) is 50.3 Å². The number of nitrogens with one attached hydrogen (secondary N) is 1. The number of hydrazine groups is 1. The molecule has 0 unspecified atom stereocenters. The van der Waals surface area contributed by atoms with Crippen molar-refractivity contribution in [1.29, 1.82) is 0 Å². The van der Waals surface area contributed by atoms with E-state index >= 15 is 0 Å². The number of rotatable bonds is 8. The molecule has 148 valence electrons. The van der Waals surface area contributed by atoms with Gasteiger partial charge in [0.25, 0.3) is 0 Å². The Balaban J connectivity index is 2.13. The molecule has 0 saturated heterocycles. The molecule has 0 aliphatic carbocycles. The zero-order valence-electron chi connectivity index (χ0n) is 17.0. The summed E-state index contributed by atoms with van der Waals surface area (Å²) in [6, 6.07) is 5.80. The zero-order chi connectivity index (χ0) is 20.4. The molecular weight excluding hydrogens is 352 g/mol. The van der Waals surface area contributed by atoms with Gasteiger partial charge < -0.3 is 9.47 Å². The van der Waals surface area contributed by atoms with Crippen LogP contribution in [0.25, 0.3) is 0 Å². The Morgan fingerprint density at radius 3 is 2.57 bits per heavy atom. The van der Waals surface area contributed by atoms with Crippen molar-refractivity contribution < 1.29 is 9.47 Å². The highest BCUT2D eigenvalue weighted by atomic mass is 16.5. The molecule has 6 heteroatoms. The van der Waals surface area contributed by atoms with E-state index in [0.29, 0.717) is 24.5 Å². The summed E-state index contributed by atoms with van der Waals surface area (Å²) >= 11 is 0. The lowest BCUT2D eigenvalue weighted by atomic mass is 10.2. The van der Waals surface area contributed by atoms with Crippen LogP contribution in [-0.2, 0) is 16.0 Å². The molecule has 0 radical (unpaired) electrons. The highest BCUT2D eigenvalue weighted by Crippen LogP contribution is 2.20. The van der Waals surface area contributed by atoms with E-state index in [2.05, 4.69) is 22.0 Å². The summed E-state index contributed by atoms with van der Waals surface area (Å²) in [7, 11) is 3.26. The molecule has 28 heavy (non-hydrogen) atoms. The number of hydrogen-bond acceptors (Lipinski definition) is 5. The number of nitrogens with zero attached hydrogens (tertiary/aromatic N) is 3. The average molecular weight is 380 g/mol. The van der Waals surface area contributed by atoms with Crippen molar-refractivity contribution in [3.05, 3.63) is 90.0 Å². The van der Waals surface area contributed by atoms with E-state index in [4.69, 9.17) is 9.47 Å². The summed E-state index contributed by atoms with van der Waals surface area (Å²) in [6.07, 6.45) is 12.1. The van der Waals surface area contributed by atoms with Crippen LogP contribution < -0.4 is 5.43 Å². The maximum Gasteiger partial charge on any atom is 0.156 e. The fourth-order valence-corrected chi connectivity index (χ4v) is 2.66. The van der Waals surface area contributed by atoms with Crippen LogP contribution in [-0.4, -0.2) is 30.0 Å². The molecule has 1 N–H and O–H groups in total. The van der Waals surface area contributed by atoms with Crippen LogP contribution in [0.3, 0.4) is 0 Å². The standard InChI is InChI=1S/C22H28N4O2/c1-6-19(12-13-21(28-5)20(7-2)27-4)26-17(3)11-14-22(25-26)24-16-18-10-8-9-15-23-18/h6-11,13-15H,3,12,16H2,1-2,4-5H3,(H,24,25)/b19-6-,20-7+,21-13+. The van der Waals surface area contributed by atoms with Crippen molar-refractivity contribution in [3.8, 4) is 0 Å². The Labute approximate surface area is 167 Å². The van der Waals surface area contributed by atoms with E-state index < -0.39 is 0 Å². The van der Waals surface area contributed by atoms with Gasteiger partial charge in [0, 0.05) is 18.3 Å². The van der Waals surface area contributed by atoms with Gasteiger partial charge in [0.15, 0.2) is 11.5 Å². The first-order valence-corrected chi connectivity index (χ1v) is 9.11. The lowest BCUT2D eigenvalue weighted by Gasteiger charge is -2.31. The molecule has 2 rings (SSSR count). The van der Waals surface area contributed by atoms with Crippen LogP contribution in [0.1, 0.15) is 26.0 Å². The van der Waals surface area contributed by atoms with Gasteiger partial charge in [-0.15, -0.1) is 0 Å². The van der Waals surface area contributed by atoms with E-state index in [1.165, 1.54) is 0 Å². The third-order valence-corrected chi connectivity index (χ3v) is 4.15. The summed E-state index contributed by atoms with van der Waals surface area (Å²) in [5.41, 5.74) is 6.07. The quantitative estimate of drug-likeness (QED) is 0.540. The van der Waals surface area contributed by atoms with Gasteiger partial charge in [-0.25, -0.2) is 0 Å². The Morgan fingerprint density at radius 1 is 1.18 bits per heavy atom. The monoisotopic (exact) mass is 380 g/mol. The Bertz CT molecular complexity index is 820. The number of aliphatic imine (C=N–C) groups is 1. The van der Waals surface area contributed by atoms with Crippen LogP contribution in [0, 0.1) is 0 Å². The predicted octanol–water partition coefficient (Wildman–Crippen LogP) is 4.24. The lowest BCUT2D eigenvalue weighted by molar-refractivity contribution is 0.218. The smallest absolute Gasteiger partial charge is 0.156 e. The number of amidine groups is 1. The Morgan fingerprint density at radius 2 is 1.96 bits per heavy atom. The minimum atomic E-state index is 0.505. The third kappa shape index (κ3) is 5.61. The molecule has 1 aliphatic rings. The number of aromatic nitrogens is 1. The van der Waals surface area contributed by atoms with Crippen LogP contribution in [0.2, 0.25) is 0 Å². The number of methoxy groups -OCH3 is 2. The summed E-state index contributed by atoms with van der Waals surface area (Å²) in [6.45, 7) is 8.51. The predicted molar refractivity (Wildman–Crippen MR) is 113 cm³/mol. The summed E-state index contributed by atoms with van der Waals surface area (Å²) in [5.74, 6) is 2.13. The molecule has 6 nitrogen and oxygen atoms in total. The van der Waals surface area contributed by atoms with Crippen molar-refractivity contribution in [3.63, 3.8) is 0 Å². The second kappa shape index (κ2) is 10.8.